The molecule has 0 atom stereocenters. The molecule has 1 nitrogen and oxygen atoms in total. The number of piperidine rings is 1. The van der Waals surface area contributed by atoms with E-state index in [1.54, 1.807) is 0 Å². The zero-order valence-electron chi connectivity index (χ0n) is 7.01. The molecule has 1 heteroatoms. The maximum atomic E-state index is 2.40. The molecule has 0 aromatic heterocycles. The molecule has 1 rings (SSSR count). The van der Waals surface area contributed by atoms with Crippen LogP contribution in [0.4, 0.5) is 0 Å². The van der Waals surface area contributed by atoms with Gasteiger partial charge in [0.15, 0.2) is 0 Å². The van der Waals surface area contributed by atoms with Crippen molar-refractivity contribution in [2.45, 2.75) is 26.7 Å². The molecule has 1 fully saturated rings. The molecule has 1 heterocycles. The minimum Gasteiger partial charge on any atom is -0.378 e. The van der Waals surface area contributed by atoms with E-state index in [9.17, 15) is 0 Å². The number of allylic oxidation sites excluding steroid dienone is 1. The summed E-state index contributed by atoms with van der Waals surface area (Å²) in [5, 5.41) is 0. The van der Waals surface area contributed by atoms with Crippen molar-refractivity contribution in [3.8, 4) is 0 Å². The maximum Gasteiger partial charge on any atom is 0.0174 e. The highest BCUT2D eigenvalue weighted by atomic mass is 15.1. The van der Waals surface area contributed by atoms with E-state index in [-0.39, 0.29) is 0 Å². The minimum atomic E-state index is 0.946. The van der Waals surface area contributed by atoms with Gasteiger partial charge in [0.1, 0.15) is 0 Å². The third-order valence-electron chi connectivity index (χ3n) is 2.18. The summed E-state index contributed by atoms with van der Waals surface area (Å²) in [4.78, 5) is 2.40. The Morgan fingerprint density at radius 2 is 1.90 bits per heavy atom. The van der Waals surface area contributed by atoms with Gasteiger partial charge in [-0.15, -0.1) is 0 Å². The molecule has 0 N–H and O–H groups in total. The first-order chi connectivity index (χ1) is 4.83. The molecule has 1 aliphatic heterocycles. The van der Waals surface area contributed by atoms with Crippen molar-refractivity contribution in [2.75, 3.05) is 13.1 Å². The van der Waals surface area contributed by atoms with E-state index in [2.05, 4.69) is 31.0 Å². The first kappa shape index (κ1) is 7.64. The maximum absolute atomic E-state index is 2.40. The van der Waals surface area contributed by atoms with Crippen LogP contribution in [-0.4, -0.2) is 18.0 Å². The van der Waals surface area contributed by atoms with Gasteiger partial charge in [-0.05, 0) is 31.9 Å². The molecule has 0 aliphatic carbocycles. The standard InChI is InChI=1S/C9H17N/c1-3-6-10-7-4-9(2)5-8-10/h3,6,9H,4-5,7-8H2,1-2H3. The third-order valence-corrected chi connectivity index (χ3v) is 2.18. The van der Waals surface area contributed by atoms with Crippen LogP contribution < -0.4 is 0 Å². The summed E-state index contributed by atoms with van der Waals surface area (Å²) in [5.41, 5.74) is 0. The first-order valence-electron chi connectivity index (χ1n) is 4.20. The van der Waals surface area contributed by atoms with E-state index >= 15 is 0 Å². The molecular weight excluding hydrogens is 122 g/mol. The lowest BCUT2D eigenvalue weighted by molar-refractivity contribution is 0.255. The largest absolute Gasteiger partial charge is 0.378 e. The van der Waals surface area contributed by atoms with Crippen molar-refractivity contribution in [2.24, 2.45) is 5.92 Å². The van der Waals surface area contributed by atoms with Gasteiger partial charge in [-0.3, -0.25) is 0 Å². The van der Waals surface area contributed by atoms with Crippen LogP contribution in [-0.2, 0) is 0 Å². The quantitative estimate of drug-likeness (QED) is 0.538. The van der Waals surface area contributed by atoms with Gasteiger partial charge < -0.3 is 4.90 Å². The Balaban J connectivity index is 2.26. The average molecular weight is 139 g/mol. The average Bonchev–Trinajstić information content (AvgIpc) is 1.95. The molecule has 0 amide bonds. The van der Waals surface area contributed by atoms with Gasteiger partial charge >= 0.3 is 0 Å². The summed E-state index contributed by atoms with van der Waals surface area (Å²) in [6, 6.07) is 0. The molecule has 0 spiro atoms. The van der Waals surface area contributed by atoms with Crippen molar-refractivity contribution >= 4 is 0 Å². The lowest BCUT2D eigenvalue weighted by Gasteiger charge is -2.28. The normalized spacial score (nSPS) is 22.4. The molecule has 1 aliphatic rings. The predicted molar refractivity (Wildman–Crippen MR) is 44.8 cm³/mol. The molecule has 0 radical (unpaired) electrons. The Kier molecular flexibility index (Phi) is 2.79. The SMILES string of the molecule is CC=CN1CCC(C)CC1. The lowest BCUT2D eigenvalue weighted by Crippen LogP contribution is -2.28. The van der Waals surface area contributed by atoms with Crippen molar-refractivity contribution in [1.29, 1.82) is 0 Å². The number of hydrogen-bond donors (Lipinski definition) is 0. The second kappa shape index (κ2) is 3.65. The highest BCUT2D eigenvalue weighted by Gasteiger charge is 2.11. The zero-order chi connectivity index (χ0) is 7.40. The van der Waals surface area contributed by atoms with E-state index in [4.69, 9.17) is 0 Å². The minimum absolute atomic E-state index is 0.946. The van der Waals surface area contributed by atoms with Crippen LogP contribution in [0.5, 0.6) is 0 Å². The summed E-state index contributed by atoms with van der Waals surface area (Å²) in [6.45, 7) is 6.93. The van der Waals surface area contributed by atoms with E-state index in [0.717, 1.165) is 5.92 Å². The second-order valence-electron chi connectivity index (χ2n) is 3.20. The summed E-state index contributed by atoms with van der Waals surface area (Å²) in [7, 11) is 0. The Hall–Kier alpha value is -0.460. The topological polar surface area (TPSA) is 3.24 Å². The van der Waals surface area contributed by atoms with Crippen LogP contribution >= 0.6 is 0 Å². The van der Waals surface area contributed by atoms with Gasteiger partial charge in [0.25, 0.3) is 0 Å². The van der Waals surface area contributed by atoms with Crippen LogP contribution in [0.2, 0.25) is 0 Å². The molecule has 0 saturated carbocycles. The highest BCUT2D eigenvalue weighted by molar-refractivity contribution is 4.81. The number of likely N-dealkylation sites (tertiary alicyclic amines) is 1. The third kappa shape index (κ3) is 2.05. The van der Waals surface area contributed by atoms with Gasteiger partial charge in [0.05, 0.1) is 0 Å². The lowest BCUT2D eigenvalue weighted by atomic mass is 10.00. The molecule has 58 valence electrons. The van der Waals surface area contributed by atoms with Crippen LogP contribution in [0.1, 0.15) is 26.7 Å². The number of hydrogen-bond acceptors (Lipinski definition) is 1. The fraction of sp³-hybridized carbons (Fsp3) is 0.778. The van der Waals surface area contributed by atoms with Crippen LogP contribution in [0.15, 0.2) is 12.3 Å². The monoisotopic (exact) mass is 139 g/mol. The predicted octanol–water partition coefficient (Wildman–Crippen LogP) is 2.25. The molecule has 1 saturated heterocycles. The Morgan fingerprint density at radius 1 is 1.30 bits per heavy atom. The molecule has 10 heavy (non-hydrogen) atoms. The van der Waals surface area contributed by atoms with Crippen molar-refractivity contribution in [1.82, 2.24) is 4.90 Å². The fourth-order valence-corrected chi connectivity index (χ4v) is 1.39. The van der Waals surface area contributed by atoms with Gasteiger partial charge in [-0.25, -0.2) is 0 Å². The molecule has 0 aromatic rings. The fourth-order valence-electron chi connectivity index (χ4n) is 1.39. The summed E-state index contributed by atoms with van der Waals surface area (Å²) >= 11 is 0. The van der Waals surface area contributed by atoms with E-state index < -0.39 is 0 Å². The molecular formula is C9H17N. The van der Waals surface area contributed by atoms with E-state index in [0.29, 0.717) is 0 Å². The zero-order valence-corrected chi connectivity index (χ0v) is 7.01. The Morgan fingerprint density at radius 3 is 2.40 bits per heavy atom. The van der Waals surface area contributed by atoms with Crippen molar-refractivity contribution in [3.63, 3.8) is 0 Å². The van der Waals surface area contributed by atoms with Crippen LogP contribution in [0, 0.1) is 5.92 Å². The van der Waals surface area contributed by atoms with Gasteiger partial charge in [0.2, 0.25) is 0 Å². The smallest absolute Gasteiger partial charge is 0.0174 e. The molecule has 0 unspecified atom stereocenters. The van der Waals surface area contributed by atoms with Gasteiger partial charge in [0, 0.05) is 13.1 Å². The Bertz CT molecular complexity index is 110. The number of nitrogens with zero attached hydrogens (tertiary/aromatic N) is 1. The van der Waals surface area contributed by atoms with Crippen LogP contribution in [0.3, 0.4) is 0 Å². The summed E-state index contributed by atoms with van der Waals surface area (Å²) in [6.07, 6.45) is 7.05. The molecule has 0 aromatic carbocycles. The van der Waals surface area contributed by atoms with Gasteiger partial charge in [-0.1, -0.05) is 13.0 Å². The highest BCUT2D eigenvalue weighted by Crippen LogP contribution is 2.15. The second-order valence-corrected chi connectivity index (χ2v) is 3.20. The first-order valence-corrected chi connectivity index (χ1v) is 4.20. The molecule has 0 bridgehead atoms. The van der Waals surface area contributed by atoms with Gasteiger partial charge in [-0.2, -0.15) is 0 Å². The number of rotatable bonds is 1. The van der Waals surface area contributed by atoms with E-state index in [1.807, 2.05) is 0 Å². The van der Waals surface area contributed by atoms with E-state index in [1.165, 1.54) is 25.9 Å². The summed E-state index contributed by atoms with van der Waals surface area (Å²) < 4.78 is 0. The van der Waals surface area contributed by atoms with Crippen molar-refractivity contribution < 1.29 is 0 Å². The van der Waals surface area contributed by atoms with Crippen LogP contribution in [0.25, 0.3) is 0 Å². The Labute approximate surface area is 63.7 Å². The van der Waals surface area contributed by atoms with Crippen molar-refractivity contribution in [3.05, 3.63) is 12.3 Å². The summed E-state index contributed by atoms with van der Waals surface area (Å²) in [5.74, 6) is 0.946.